The lowest BCUT2D eigenvalue weighted by Gasteiger charge is -2.29. The maximum Gasteiger partial charge on any atom is 0.240 e. The van der Waals surface area contributed by atoms with Crippen LogP contribution in [-0.4, -0.2) is 40.0 Å². The zero-order valence-electron chi connectivity index (χ0n) is 11.3. The molecule has 1 N–H and O–H groups in total. The minimum Gasteiger partial charge on any atom is -0.306 e. The molecule has 1 aromatic rings. The predicted octanol–water partition coefficient (Wildman–Crippen LogP) is 2.72. The van der Waals surface area contributed by atoms with Crippen molar-refractivity contribution >= 4 is 37.6 Å². The lowest BCUT2D eigenvalue weighted by atomic mass is 9.99. The molecule has 0 radical (unpaired) electrons. The molecule has 1 aliphatic heterocycles. The van der Waals surface area contributed by atoms with Crippen LogP contribution in [0.4, 0.5) is 0 Å². The van der Waals surface area contributed by atoms with Gasteiger partial charge in [-0.2, -0.15) is 0 Å². The molecule has 4 nitrogen and oxygen atoms in total. The molecule has 0 aliphatic carbocycles. The molecule has 1 unspecified atom stereocenters. The standard InChI is InChI=1S/C13H18BrClN2O2S/c1-17-6-2-3-10(9-17)8-16-20(18,19)11-4-5-13(15)12(14)7-11/h4-5,7,10,16H,2-3,6,8-9H2,1H3. The highest BCUT2D eigenvalue weighted by molar-refractivity contribution is 9.10. The van der Waals surface area contributed by atoms with Crippen LogP contribution in [0, 0.1) is 5.92 Å². The number of hydrogen-bond acceptors (Lipinski definition) is 3. The van der Waals surface area contributed by atoms with Crippen molar-refractivity contribution in [3.05, 3.63) is 27.7 Å². The number of piperidine rings is 1. The molecule has 0 amide bonds. The van der Waals surface area contributed by atoms with Crippen LogP contribution in [0.5, 0.6) is 0 Å². The summed E-state index contributed by atoms with van der Waals surface area (Å²) in [5.74, 6) is 0.374. The smallest absolute Gasteiger partial charge is 0.240 e. The van der Waals surface area contributed by atoms with Crippen molar-refractivity contribution < 1.29 is 8.42 Å². The Kier molecular flexibility index (Phi) is 5.48. The Bertz CT molecular complexity index is 580. The highest BCUT2D eigenvalue weighted by atomic mass is 79.9. The minimum absolute atomic E-state index is 0.234. The van der Waals surface area contributed by atoms with E-state index >= 15 is 0 Å². The Morgan fingerprint density at radius 3 is 2.90 bits per heavy atom. The molecule has 1 fully saturated rings. The molecule has 0 bridgehead atoms. The largest absolute Gasteiger partial charge is 0.306 e. The number of benzene rings is 1. The monoisotopic (exact) mass is 380 g/mol. The third-order valence-electron chi connectivity index (χ3n) is 3.49. The topological polar surface area (TPSA) is 49.4 Å². The quantitative estimate of drug-likeness (QED) is 0.872. The molecule has 2 rings (SSSR count). The number of likely N-dealkylation sites (tertiary alicyclic amines) is 1. The fourth-order valence-electron chi connectivity index (χ4n) is 2.39. The lowest BCUT2D eigenvalue weighted by molar-refractivity contribution is 0.211. The molecule has 1 aliphatic rings. The molecule has 0 saturated carbocycles. The first-order valence-electron chi connectivity index (χ1n) is 6.52. The van der Waals surface area contributed by atoms with Gasteiger partial charge in [-0.1, -0.05) is 11.6 Å². The van der Waals surface area contributed by atoms with Crippen molar-refractivity contribution in [2.45, 2.75) is 17.7 Å². The van der Waals surface area contributed by atoms with Gasteiger partial charge in [-0.3, -0.25) is 0 Å². The summed E-state index contributed by atoms with van der Waals surface area (Å²) in [7, 11) is -1.41. The predicted molar refractivity (Wildman–Crippen MR) is 84.6 cm³/mol. The molecule has 112 valence electrons. The summed E-state index contributed by atoms with van der Waals surface area (Å²) in [6.45, 7) is 2.51. The van der Waals surface area contributed by atoms with Gasteiger partial charge in [-0.15, -0.1) is 0 Å². The Labute approximate surface area is 133 Å². The van der Waals surface area contributed by atoms with Crippen LogP contribution in [0.25, 0.3) is 0 Å². The van der Waals surface area contributed by atoms with E-state index < -0.39 is 10.0 Å². The average Bonchev–Trinajstić information content (AvgIpc) is 2.40. The van der Waals surface area contributed by atoms with Gasteiger partial charge in [0.25, 0.3) is 0 Å². The SMILES string of the molecule is CN1CCCC(CNS(=O)(=O)c2ccc(Cl)c(Br)c2)C1. The van der Waals surface area contributed by atoms with Crippen LogP contribution in [0.2, 0.25) is 5.02 Å². The zero-order valence-corrected chi connectivity index (χ0v) is 14.4. The summed E-state index contributed by atoms with van der Waals surface area (Å²) in [6, 6.07) is 4.62. The zero-order chi connectivity index (χ0) is 14.8. The van der Waals surface area contributed by atoms with E-state index in [1.165, 1.54) is 12.1 Å². The van der Waals surface area contributed by atoms with Gasteiger partial charge in [-0.25, -0.2) is 13.1 Å². The van der Waals surface area contributed by atoms with Crippen LogP contribution in [-0.2, 0) is 10.0 Å². The second-order valence-electron chi connectivity index (χ2n) is 5.20. The summed E-state index contributed by atoms with van der Waals surface area (Å²) >= 11 is 9.12. The first kappa shape index (κ1) is 16.2. The fraction of sp³-hybridized carbons (Fsp3) is 0.538. The Morgan fingerprint density at radius 1 is 1.50 bits per heavy atom. The fourth-order valence-corrected chi connectivity index (χ4v) is 4.18. The van der Waals surface area contributed by atoms with E-state index in [4.69, 9.17) is 11.6 Å². The average molecular weight is 382 g/mol. The first-order chi connectivity index (χ1) is 9.38. The summed E-state index contributed by atoms with van der Waals surface area (Å²) in [5.41, 5.74) is 0. The minimum atomic E-state index is -3.47. The van der Waals surface area contributed by atoms with Gasteiger partial charge >= 0.3 is 0 Å². The van der Waals surface area contributed by atoms with Gasteiger partial charge in [-0.05, 0) is 66.5 Å². The van der Waals surface area contributed by atoms with Gasteiger partial charge in [0.1, 0.15) is 0 Å². The molecule has 1 saturated heterocycles. The van der Waals surface area contributed by atoms with Crippen LogP contribution >= 0.6 is 27.5 Å². The van der Waals surface area contributed by atoms with Crippen molar-refractivity contribution in [3.8, 4) is 0 Å². The Balaban J connectivity index is 2.01. The highest BCUT2D eigenvalue weighted by Gasteiger charge is 2.21. The van der Waals surface area contributed by atoms with Crippen LogP contribution < -0.4 is 4.72 Å². The molecule has 0 spiro atoms. The van der Waals surface area contributed by atoms with Crippen molar-refractivity contribution in [1.82, 2.24) is 9.62 Å². The summed E-state index contributed by atoms with van der Waals surface area (Å²) in [5, 5.41) is 0.498. The van der Waals surface area contributed by atoms with E-state index in [2.05, 4.69) is 32.6 Å². The van der Waals surface area contributed by atoms with E-state index in [0.717, 1.165) is 25.9 Å². The third kappa shape index (κ3) is 4.18. The van der Waals surface area contributed by atoms with Gasteiger partial charge in [0.2, 0.25) is 10.0 Å². The van der Waals surface area contributed by atoms with Gasteiger partial charge in [0.15, 0.2) is 0 Å². The first-order valence-corrected chi connectivity index (χ1v) is 9.17. The normalized spacial score (nSPS) is 21.1. The molecule has 1 atom stereocenters. The molecule has 1 heterocycles. The molecule has 7 heteroatoms. The van der Waals surface area contributed by atoms with Gasteiger partial charge < -0.3 is 4.90 Å². The molecule has 0 aromatic heterocycles. The molecular formula is C13H18BrClN2O2S. The summed E-state index contributed by atoms with van der Waals surface area (Å²) in [4.78, 5) is 2.47. The number of nitrogens with zero attached hydrogens (tertiary/aromatic N) is 1. The van der Waals surface area contributed by atoms with E-state index in [1.807, 2.05) is 0 Å². The third-order valence-corrected chi connectivity index (χ3v) is 6.12. The Morgan fingerprint density at radius 2 is 2.25 bits per heavy atom. The van der Waals surface area contributed by atoms with Crippen molar-refractivity contribution in [2.75, 3.05) is 26.7 Å². The number of hydrogen-bond donors (Lipinski definition) is 1. The van der Waals surface area contributed by atoms with E-state index in [-0.39, 0.29) is 4.90 Å². The van der Waals surface area contributed by atoms with E-state index in [0.29, 0.717) is 22.0 Å². The maximum absolute atomic E-state index is 12.2. The van der Waals surface area contributed by atoms with Crippen molar-refractivity contribution in [1.29, 1.82) is 0 Å². The summed E-state index contributed by atoms with van der Waals surface area (Å²) < 4.78 is 27.7. The van der Waals surface area contributed by atoms with Gasteiger partial charge in [0, 0.05) is 17.6 Å². The van der Waals surface area contributed by atoms with Gasteiger partial charge in [0.05, 0.1) is 9.92 Å². The highest BCUT2D eigenvalue weighted by Crippen LogP contribution is 2.25. The van der Waals surface area contributed by atoms with Crippen LogP contribution in [0.3, 0.4) is 0 Å². The van der Waals surface area contributed by atoms with Crippen LogP contribution in [0.1, 0.15) is 12.8 Å². The molecular weight excluding hydrogens is 364 g/mol. The number of halogens is 2. The number of rotatable bonds is 4. The molecule has 1 aromatic carbocycles. The number of nitrogens with one attached hydrogen (secondary N) is 1. The maximum atomic E-state index is 12.2. The second-order valence-corrected chi connectivity index (χ2v) is 8.23. The van der Waals surface area contributed by atoms with E-state index in [1.54, 1.807) is 6.07 Å². The van der Waals surface area contributed by atoms with Crippen LogP contribution in [0.15, 0.2) is 27.6 Å². The lowest BCUT2D eigenvalue weighted by Crippen LogP contribution is -2.39. The van der Waals surface area contributed by atoms with E-state index in [9.17, 15) is 8.42 Å². The van der Waals surface area contributed by atoms with Crippen molar-refractivity contribution in [3.63, 3.8) is 0 Å². The second kappa shape index (κ2) is 6.75. The van der Waals surface area contributed by atoms with Crippen molar-refractivity contribution in [2.24, 2.45) is 5.92 Å². The Hall–Kier alpha value is -0.140. The number of sulfonamides is 1. The summed E-state index contributed by atoms with van der Waals surface area (Å²) in [6.07, 6.45) is 2.19. The molecule has 20 heavy (non-hydrogen) atoms.